The number of nitrogens with zero attached hydrogens (tertiary/aromatic N) is 1. The van der Waals surface area contributed by atoms with Crippen molar-refractivity contribution < 1.29 is 64.2 Å². The van der Waals surface area contributed by atoms with Crippen LogP contribution in [0.4, 0.5) is 0 Å². The molecule has 3 saturated heterocycles. The Kier molecular flexibility index (Phi) is 17.0. The molecule has 3 rings (SSSR count). The van der Waals surface area contributed by atoms with Crippen LogP contribution < -0.4 is 5.32 Å². The zero-order valence-corrected chi connectivity index (χ0v) is 33.7. The quantitative estimate of drug-likeness (QED) is 0.198. The van der Waals surface area contributed by atoms with E-state index < -0.39 is 96.0 Å². The molecule has 15 heteroatoms. The maximum Gasteiger partial charge on any atom is 0.311 e. The highest BCUT2D eigenvalue weighted by molar-refractivity contribution is 5.73. The molecule has 0 saturated carbocycles. The third-order valence-electron chi connectivity index (χ3n) is 11.9. The maximum absolute atomic E-state index is 14.2. The average Bonchev–Trinajstić information content (AvgIpc) is 3.05. The number of ether oxygens (including phenoxy) is 6. The topological polar surface area (TPSA) is 220 Å². The molecule has 0 aromatic heterocycles. The summed E-state index contributed by atoms with van der Waals surface area (Å²) in [6.45, 7) is 18.0. The molecule has 0 aromatic carbocycles. The zero-order valence-electron chi connectivity index (χ0n) is 33.7. The Bertz CT molecular complexity index is 1120. The lowest BCUT2D eigenvalue weighted by Gasteiger charge is -2.48. The van der Waals surface area contributed by atoms with Crippen molar-refractivity contribution in [2.45, 2.75) is 185 Å². The summed E-state index contributed by atoms with van der Waals surface area (Å²) in [7, 11) is 5.10. The molecule has 0 spiro atoms. The van der Waals surface area contributed by atoms with Gasteiger partial charge in [0.25, 0.3) is 0 Å². The Morgan fingerprint density at radius 1 is 0.962 bits per heavy atom. The number of methoxy groups -OCH3 is 1. The van der Waals surface area contributed by atoms with E-state index in [-0.39, 0.29) is 42.8 Å². The second-order valence-corrected chi connectivity index (χ2v) is 16.5. The lowest BCUT2D eigenvalue weighted by molar-refractivity contribution is -0.316. The fraction of sp³-hybridized carbons (Fsp3) is 0.973. The molecule has 3 aliphatic heterocycles. The molecule has 3 fully saturated rings. The summed E-state index contributed by atoms with van der Waals surface area (Å²) in [5, 5.41) is 61.0. The number of carbonyl (C=O) groups excluding carboxylic acids is 1. The highest BCUT2D eigenvalue weighted by atomic mass is 16.7. The number of aliphatic hydroxyl groups is 5. The minimum absolute atomic E-state index is 0. The second-order valence-electron chi connectivity index (χ2n) is 16.5. The van der Waals surface area contributed by atoms with Crippen molar-refractivity contribution >= 4 is 5.97 Å². The molecule has 0 amide bonds. The molecule has 0 unspecified atom stereocenters. The van der Waals surface area contributed by atoms with Crippen LogP contribution in [-0.4, -0.2) is 160 Å². The molecular formula is C37H72N2O13. The van der Waals surface area contributed by atoms with E-state index in [9.17, 15) is 30.3 Å². The van der Waals surface area contributed by atoms with Gasteiger partial charge in [-0.05, 0) is 87.7 Å². The van der Waals surface area contributed by atoms with Crippen LogP contribution in [-0.2, 0) is 33.2 Å². The first kappa shape index (κ1) is 47.1. The predicted octanol–water partition coefficient (Wildman–Crippen LogP) is 0.734. The lowest BCUT2D eigenvalue weighted by Crippen LogP contribution is -2.60. The summed E-state index contributed by atoms with van der Waals surface area (Å²) in [6.07, 6.45) is -8.24. The fourth-order valence-electron chi connectivity index (χ4n) is 8.53. The number of aliphatic hydroxyl groups excluding tert-OH is 3. The van der Waals surface area contributed by atoms with Crippen molar-refractivity contribution in [3.63, 3.8) is 0 Å². The van der Waals surface area contributed by atoms with E-state index in [0.717, 1.165) is 0 Å². The van der Waals surface area contributed by atoms with Crippen molar-refractivity contribution in [1.29, 1.82) is 0 Å². The van der Waals surface area contributed by atoms with E-state index in [1.807, 2.05) is 32.7 Å². The Morgan fingerprint density at radius 2 is 1.58 bits per heavy atom. The highest BCUT2D eigenvalue weighted by Crippen LogP contribution is 2.40. The third kappa shape index (κ3) is 10.4. The minimum atomic E-state index is -1.80. The first-order valence-electron chi connectivity index (χ1n) is 18.8. The molecule has 52 heavy (non-hydrogen) atoms. The zero-order chi connectivity index (χ0) is 38.8. The van der Waals surface area contributed by atoms with Gasteiger partial charge in [0.1, 0.15) is 30.0 Å². The van der Waals surface area contributed by atoms with Crippen molar-refractivity contribution in [2.24, 2.45) is 17.8 Å². The fourth-order valence-corrected chi connectivity index (χ4v) is 8.53. The van der Waals surface area contributed by atoms with Crippen LogP contribution in [0.15, 0.2) is 0 Å². The summed E-state index contributed by atoms with van der Waals surface area (Å²) >= 11 is 0. The summed E-state index contributed by atoms with van der Waals surface area (Å²) < 4.78 is 37.3. The number of rotatable bonds is 7. The number of cyclic esters (lactones) is 1. The summed E-state index contributed by atoms with van der Waals surface area (Å²) in [5.74, 6) is -2.59. The summed E-state index contributed by atoms with van der Waals surface area (Å²) in [4.78, 5) is 16.1. The molecule has 8 N–H and O–H groups in total. The first-order valence-corrected chi connectivity index (χ1v) is 18.8. The third-order valence-corrected chi connectivity index (χ3v) is 11.9. The van der Waals surface area contributed by atoms with Crippen LogP contribution in [0.3, 0.4) is 0 Å². The van der Waals surface area contributed by atoms with Gasteiger partial charge in [0.05, 0.1) is 41.5 Å². The van der Waals surface area contributed by atoms with Gasteiger partial charge in [-0.1, -0.05) is 20.8 Å². The summed E-state index contributed by atoms with van der Waals surface area (Å²) in [5.41, 5.74) is -4.37. The second kappa shape index (κ2) is 18.7. The van der Waals surface area contributed by atoms with Crippen LogP contribution in [0.5, 0.6) is 0 Å². The van der Waals surface area contributed by atoms with E-state index in [4.69, 9.17) is 28.4 Å². The number of nitrogens with one attached hydrogen (secondary N) is 1. The number of carbonyl (C=O) groups is 1. The van der Waals surface area contributed by atoms with Crippen molar-refractivity contribution in [2.75, 3.05) is 27.7 Å². The van der Waals surface area contributed by atoms with E-state index in [2.05, 4.69) is 5.32 Å². The van der Waals surface area contributed by atoms with Gasteiger partial charge >= 0.3 is 5.97 Å². The van der Waals surface area contributed by atoms with Crippen molar-refractivity contribution in [1.82, 2.24) is 10.2 Å². The molecule has 0 radical (unpaired) electrons. The molecular weight excluding hydrogens is 680 g/mol. The Morgan fingerprint density at radius 3 is 2.13 bits per heavy atom. The van der Waals surface area contributed by atoms with Gasteiger partial charge < -0.3 is 69.6 Å². The van der Waals surface area contributed by atoms with E-state index in [1.165, 1.54) is 14.0 Å². The van der Waals surface area contributed by atoms with Crippen LogP contribution in [0.25, 0.3) is 0 Å². The maximum atomic E-state index is 14.2. The van der Waals surface area contributed by atoms with Gasteiger partial charge in [-0.15, -0.1) is 0 Å². The van der Waals surface area contributed by atoms with Gasteiger partial charge in [-0.3, -0.25) is 4.79 Å². The molecule has 3 heterocycles. The van der Waals surface area contributed by atoms with Crippen LogP contribution in [0.1, 0.15) is 94.9 Å². The van der Waals surface area contributed by atoms with Gasteiger partial charge in [0, 0.05) is 38.1 Å². The van der Waals surface area contributed by atoms with Crippen molar-refractivity contribution in [3.05, 3.63) is 0 Å². The average molecular weight is 753 g/mol. The predicted molar refractivity (Wildman–Crippen MR) is 193 cm³/mol. The van der Waals surface area contributed by atoms with Crippen molar-refractivity contribution in [3.8, 4) is 0 Å². The molecule has 0 bridgehead atoms. The summed E-state index contributed by atoms with van der Waals surface area (Å²) in [6, 6.07) is -0.858. The minimum Gasteiger partial charge on any atom is -0.459 e. The van der Waals surface area contributed by atoms with E-state index in [0.29, 0.717) is 13.0 Å². The standard InChI is InChI=1S/C37H70N2O12.H2O/c1-14-26-37(10,45)30(41)23(6)39(12)18-19(2)16-35(8,44)32(51-34-28(40)25(38-11)15-20(3)47-34)21(4)29(22(5)33(43)49-26)50-27-17-36(9,46-13)31(42)24(7)48-27;/h19-32,34,38,40-42,44-45H,14-18H2,1-13H3;1H2/t19-,20-,21+,22-,23-,24+,25+,26-,27+,28-,29+,30-,31+,32-,34+,35-,36-,37-;/m1./s1. The van der Waals surface area contributed by atoms with Crippen LogP contribution >= 0.6 is 0 Å². The van der Waals surface area contributed by atoms with Gasteiger partial charge in [0.15, 0.2) is 12.6 Å². The van der Waals surface area contributed by atoms with Gasteiger partial charge in [-0.25, -0.2) is 0 Å². The smallest absolute Gasteiger partial charge is 0.311 e. The monoisotopic (exact) mass is 753 g/mol. The van der Waals surface area contributed by atoms with Crippen LogP contribution in [0.2, 0.25) is 0 Å². The number of esters is 1. The first-order chi connectivity index (χ1) is 23.5. The van der Waals surface area contributed by atoms with E-state index in [1.54, 1.807) is 48.6 Å². The molecule has 0 aliphatic carbocycles. The normalized spacial score (nSPS) is 49.3. The highest BCUT2D eigenvalue weighted by Gasteiger charge is 2.52. The Labute approximate surface area is 310 Å². The van der Waals surface area contributed by atoms with E-state index >= 15 is 0 Å². The number of hydrogen-bond acceptors (Lipinski definition) is 14. The van der Waals surface area contributed by atoms with Gasteiger partial charge in [-0.2, -0.15) is 0 Å². The lowest BCUT2D eigenvalue weighted by atomic mass is 9.77. The molecule has 18 atom stereocenters. The Balaban J connectivity index is 0.00000936. The molecule has 3 aliphatic rings. The Hall–Kier alpha value is -1.05. The van der Waals surface area contributed by atoms with Gasteiger partial charge in [0.2, 0.25) is 0 Å². The SMILES string of the molecule is CC[C@H]1OC(=O)[C@H](C)[C@@H](O[C@H]2C[C@@](C)(OC)[C@@H](O)[C@H](C)O2)[C@H](C)[C@@H](O[C@@H]2O[C@H](C)C[C@H](NC)[C@H]2O)[C@](C)(O)C[C@@H](C)CN(C)[C@H](C)[C@@H](O)[C@]1(C)O.O. The van der Waals surface area contributed by atoms with Crippen LogP contribution in [0, 0.1) is 17.8 Å². The molecule has 15 nitrogen and oxygen atoms in total. The number of likely N-dealkylation sites (N-methyl/N-ethyl adjacent to an activating group) is 2. The molecule has 308 valence electrons. The number of hydrogen-bond donors (Lipinski definition) is 6. The largest absolute Gasteiger partial charge is 0.459 e. The molecule has 0 aromatic rings.